The fourth-order valence-electron chi connectivity index (χ4n) is 4.34. The highest BCUT2D eigenvalue weighted by atomic mass is 32.2. The smallest absolute Gasteiger partial charge is 0.317 e. The van der Waals surface area contributed by atoms with Gasteiger partial charge in [-0.25, -0.2) is 4.98 Å². The van der Waals surface area contributed by atoms with E-state index in [2.05, 4.69) is 31.7 Å². The number of hydrogen-bond acceptors (Lipinski definition) is 6. The molecule has 0 bridgehead atoms. The van der Waals surface area contributed by atoms with E-state index >= 15 is 0 Å². The van der Waals surface area contributed by atoms with Crippen LogP contribution in [-0.4, -0.2) is 47.0 Å². The summed E-state index contributed by atoms with van der Waals surface area (Å²) >= 11 is 1.36. The van der Waals surface area contributed by atoms with Crippen LogP contribution in [0, 0.1) is 0 Å². The van der Waals surface area contributed by atoms with Gasteiger partial charge in [0.25, 0.3) is 0 Å². The summed E-state index contributed by atoms with van der Waals surface area (Å²) in [7, 11) is 0. The molecule has 0 radical (unpaired) electrons. The molecule has 0 atom stereocenters. The fraction of sp³-hybridized carbons (Fsp3) is 0.304. The maximum atomic E-state index is 13.2. The van der Waals surface area contributed by atoms with Crippen LogP contribution in [0.5, 0.6) is 0 Å². The summed E-state index contributed by atoms with van der Waals surface area (Å²) in [6.45, 7) is 1.99. The monoisotopic (exact) mass is 498 g/mol. The summed E-state index contributed by atoms with van der Waals surface area (Å²) in [6.07, 6.45) is 7.76. The Hall–Kier alpha value is -3.38. The van der Waals surface area contributed by atoms with E-state index in [0.29, 0.717) is 22.6 Å². The molecule has 0 spiro atoms. The summed E-state index contributed by atoms with van der Waals surface area (Å²) in [6, 6.07) is 4.83. The van der Waals surface area contributed by atoms with Gasteiger partial charge in [-0.05, 0) is 44.1 Å². The minimum atomic E-state index is -4.41. The molecule has 1 aliphatic rings. The predicted molar refractivity (Wildman–Crippen MR) is 126 cm³/mol. The largest absolute Gasteiger partial charge is 0.417 e. The highest BCUT2D eigenvalue weighted by Gasteiger charge is 2.31. The number of piperidine rings is 1. The summed E-state index contributed by atoms with van der Waals surface area (Å²) in [5.41, 5.74) is 3.26. The number of thioether (sulfide) groups is 1. The van der Waals surface area contributed by atoms with Crippen LogP contribution in [-0.2, 0) is 12.1 Å². The molecule has 1 N–H and O–H groups in total. The number of fused-ring (bicyclic) bond motifs is 2. The lowest BCUT2D eigenvalue weighted by molar-refractivity contribution is -0.137. The second kappa shape index (κ2) is 8.68. The topological polar surface area (TPSA) is 77.9 Å². The van der Waals surface area contributed by atoms with Crippen LogP contribution in [0.25, 0.3) is 27.8 Å². The molecule has 5 aromatic rings. The molecule has 12 heteroatoms. The first-order valence-corrected chi connectivity index (χ1v) is 12.2. The number of halogens is 3. The van der Waals surface area contributed by atoms with E-state index in [0.717, 1.165) is 60.4 Å². The Morgan fingerprint density at radius 1 is 0.971 bits per heavy atom. The molecule has 35 heavy (non-hydrogen) atoms. The quantitative estimate of drug-likeness (QED) is 0.356. The second-order valence-corrected chi connectivity index (χ2v) is 9.44. The van der Waals surface area contributed by atoms with Gasteiger partial charge in [0.05, 0.1) is 41.6 Å². The second-order valence-electron chi connectivity index (χ2n) is 8.48. The van der Waals surface area contributed by atoms with Gasteiger partial charge in [0, 0.05) is 29.7 Å². The number of nitrogens with zero attached hydrogens (tertiary/aromatic N) is 7. The number of imidazole rings is 1. The Morgan fingerprint density at radius 3 is 2.66 bits per heavy atom. The van der Waals surface area contributed by atoms with Gasteiger partial charge in [0.15, 0.2) is 0 Å². The Kier molecular flexibility index (Phi) is 5.49. The lowest BCUT2D eigenvalue weighted by Crippen LogP contribution is -2.29. The molecule has 1 aliphatic heterocycles. The van der Waals surface area contributed by atoms with Gasteiger partial charge in [-0.1, -0.05) is 11.8 Å². The van der Waals surface area contributed by atoms with Crippen LogP contribution in [0.4, 0.5) is 13.2 Å². The molecule has 0 aromatic carbocycles. The van der Waals surface area contributed by atoms with E-state index in [4.69, 9.17) is 0 Å². The highest BCUT2D eigenvalue weighted by Crippen LogP contribution is 2.31. The molecule has 0 aliphatic carbocycles. The number of aromatic nitrogens is 7. The predicted octanol–water partition coefficient (Wildman–Crippen LogP) is 4.64. The van der Waals surface area contributed by atoms with Crippen LogP contribution in [0.1, 0.15) is 24.4 Å². The maximum Gasteiger partial charge on any atom is 0.417 e. The van der Waals surface area contributed by atoms with Crippen molar-refractivity contribution in [2.75, 3.05) is 13.1 Å². The average molecular weight is 499 g/mol. The third-order valence-corrected chi connectivity index (χ3v) is 7.22. The van der Waals surface area contributed by atoms with Gasteiger partial charge >= 0.3 is 6.18 Å². The molecule has 0 saturated carbocycles. The lowest BCUT2D eigenvalue weighted by Gasteiger charge is -2.22. The lowest BCUT2D eigenvalue weighted by atomic mass is 10.1. The van der Waals surface area contributed by atoms with E-state index in [1.54, 1.807) is 17.1 Å². The normalized spacial score (nSPS) is 15.4. The van der Waals surface area contributed by atoms with Crippen LogP contribution in [0.2, 0.25) is 0 Å². The van der Waals surface area contributed by atoms with Crippen molar-refractivity contribution in [3.63, 3.8) is 0 Å². The molecule has 8 nitrogen and oxygen atoms in total. The molecule has 1 saturated heterocycles. The Balaban J connectivity index is 1.25. The first-order chi connectivity index (χ1) is 17.0. The van der Waals surface area contributed by atoms with Gasteiger partial charge in [-0.2, -0.15) is 23.4 Å². The summed E-state index contributed by atoms with van der Waals surface area (Å²) in [4.78, 5) is 8.77. The SMILES string of the molecule is FC(F)(F)c1ccc2ncc(SCn3ncc4ncc(-c5cnn(C6CCNCC6)c5)cc43)n2c1. The molecule has 6 rings (SSSR count). The van der Waals surface area contributed by atoms with Crippen molar-refractivity contribution in [2.24, 2.45) is 0 Å². The highest BCUT2D eigenvalue weighted by molar-refractivity contribution is 7.98. The zero-order chi connectivity index (χ0) is 24.0. The molecular weight excluding hydrogens is 477 g/mol. The van der Waals surface area contributed by atoms with Crippen LogP contribution in [0.3, 0.4) is 0 Å². The minimum absolute atomic E-state index is 0.395. The van der Waals surface area contributed by atoms with Crippen molar-refractivity contribution in [2.45, 2.75) is 36.0 Å². The van der Waals surface area contributed by atoms with Gasteiger partial charge in [-0.15, -0.1) is 0 Å². The van der Waals surface area contributed by atoms with Crippen molar-refractivity contribution in [3.8, 4) is 11.1 Å². The zero-order valence-corrected chi connectivity index (χ0v) is 19.3. The molecule has 5 aromatic heterocycles. The van der Waals surface area contributed by atoms with E-state index in [1.165, 1.54) is 22.2 Å². The van der Waals surface area contributed by atoms with Crippen molar-refractivity contribution < 1.29 is 13.2 Å². The van der Waals surface area contributed by atoms with Crippen molar-refractivity contribution >= 4 is 28.4 Å². The Morgan fingerprint density at radius 2 is 1.83 bits per heavy atom. The molecule has 180 valence electrons. The average Bonchev–Trinajstić information content (AvgIpc) is 3.60. The Labute approximate surface area is 202 Å². The first-order valence-electron chi connectivity index (χ1n) is 11.2. The molecule has 0 unspecified atom stereocenters. The molecular formula is C23H21F3N8S. The van der Waals surface area contributed by atoms with Gasteiger partial charge in [0.2, 0.25) is 0 Å². The van der Waals surface area contributed by atoms with Crippen molar-refractivity contribution in [1.82, 2.24) is 39.2 Å². The third kappa shape index (κ3) is 4.27. The van der Waals surface area contributed by atoms with E-state index in [-0.39, 0.29) is 0 Å². The summed E-state index contributed by atoms with van der Waals surface area (Å²) in [5.74, 6) is 0.396. The number of alkyl halides is 3. The van der Waals surface area contributed by atoms with Gasteiger partial charge in [0.1, 0.15) is 16.2 Å². The maximum absolute atomic E-state index is 13.2. The van der Waals surface area contributed by atoms with E-state index in [1.807, 2.05) is 23.1 Å². The fourth-order valence-corrected chi connectivity index (χ4v) is 5.21. The van der Waals surface area contributed by atoms with Crippen LogP contribution in [0.15, 0.2) is 60.4 Å². The van der Waals surface area contributed by atoms with Crippen molar-refractivity contribution in [1.29, 1.82) is 0 Å². The van der Waals surface area contributed by atoms with Gasteiger partial charge in [-0.3, -0.25) is 18.7 Å². The Bertz CT molecular complexity index is 1500. The molecule has 6 heterocycles. The number of pyridine rings is 2. The number of hydrogen-bond donors (Lipinski definition) is 1. The minimum Gasteiger partial charge on any atom is -0.317 e. The first kappa shape index (κ1) is 22.1. The van der Waals surface area contributed by atoms with E-state index in [9.17, 15) is 13.2 Å². The summed E-state index contributed by atoms with van der Waals surface area (Å²) in [5, 5.41) is 13.0. The standard InChI is InChI=1S/C23H21F3N8S/c24-23(25,26)17-1-2-21-29-11-22(32(21)13-17)35-14-34-20-7-15(8-28-19(20)10-31-34)16-9-30-33(12-16)18-3-5-27-6-4-18/h1-2,7-13,18,27H,3-6,14H2. The number of rotatable bonds is 5. The van der Waals surface area contributed by atoms with Crippen molar-refractivity contribution in [3.05, 3.63) is 60.9 Å². The summed E-state index contributed by atoms with van der Waals surface area (Å²) < 4.78 is 44.7. The molecule has 0 amide bonds. The number of nitrogens with one attached hydrogen (secondary N) is 1. The third-order valence-electron chi connectivity index (χ3n) is 6.25. The van der Waals surface area contributed by atoms with Crippen LogP contribution < -0.4 is 5.32 Å². The van der Waals surface area contributed by atoms with Gasteiger partial charge < -0.3 is 5.32 Å². The van der Waals surface area contributed by atoms with Crippen LogP contribution >= 0.6 is 11.8 Å². The van der Waals surface area contributed by atoms with E-state index < -0.39 is 11.7 Å². The molecule has 1 fully saturated rings. The zero-order valence-electron chi connectivity index (χ0n) is 18.5.